The van der Waals surface area contributed by atoms with Crippen molar-refractivity contribution in [3.05, 3.63) is 45.1 Å². The number of halogens is 2. The number of benzene rings is 1. The number of rotatable bonds is 2. The van der Waals surface area contributed by atoms with Crippen molar-refractivity contribution >= 4 is 39.1 Å². The minimum Gasteiger partial charge on any atom is -0.322 e. The number of nitrogens with zero attached hydrogens (tertiary/aromatic N) is 2. The van der Waals surface area contributed by atoms with E-state index in [1.165, 1.54) is 4.68 Å². The first-order valence-corrected chi connectivity index (χ1v) is 6.42. The molecule has 1 aromatic carbocycles. The molecule has 1 heterocycles. The molecule has 0 aliphatic rings. The SMILES string of the molecule is Cc1nn(C)c(Cl)c1C(=O)Nc1cccc(Br)c1. The van der Waals surface area contributed by atoms with E-state index >= 15 is 0 Å². The first kappa shape index (κ1) is 13.1. The summed E-state index contributed by atoms with van der Waals surface area (Å²) in [5, 5.41) is 7.23. The van der Waals surface area contributed by atoms with Crippen molar-refractivity contribution in [1.82, 2.24) is 9.78 Å². The predicted octanol–water partition coefficient (Wildman–Crippen LogP) is 3.40. The highest BCUT2D eigenvalue weighted by Crippen LogP contribution is 2.21. The monoisotopic (exact) mass is 327 g/mol. The lowest BCUT2D eigenvalue weighted by atomic mass is 10.2. The predicted molar refractivity (Wildman–Crippen MR) is 75.1 cm³/mol. The highest BCUT2D eigenvalue weighted by molar-refractivity contribution is 9.10. The highest BCUT2D eigenvalue weighted by atomic mass is 79.9. The Kier molecular flexibility index (Phi) is 3.73. The van der Waals surface area contributed by atoms with Crippen LogP contribution in [0, 0.1) is 6.92 Å². The molecule has 1 aromatic heterocycles. The number of amides is 1. The molecular formula is C12H11BrClN3O. The van der Waals surface area contributed by atoms with Crippen molar-refractivity contribution in [2.45, 2.75) is 6.92 Å². The van der Waals surface area contributed by atoms with Crippen LogP contribution in [0.25, 0.3) is 0 Å². The molecule has 0 fully saturated rings. The number of aryl methyl sites for hydroxylation is 2. The first-order valence-electron chi connectivity index (χ1n) is 5.25. The molecular weight excluding hydrogens is 318 g/mol. The van der Waals surface area contributed by atoms with E-state index in [4.69, 9.17) is 11.6 Å². The zero-order chi connectivity index (χ0) is 13.3. The molecule has 0 spiro atoms. The van der Waals surface area contributed by atoms with Gasteiger partial charge in [0.2, 0.25) is 0 Å². The van der Waals surface area contributed by atoms with Gasteiger partial charge >= 0.3 is 0 Å². The Morgan fingerprint density at radius 1 is 1.50 bits per heavy atom. The molecule has 4 nitrogen and oxygen atoms in total. The quantitative estimate of drug-likeness (QED) is 0.918. The molecule has 18 heavy (non-hydrogen) atoms. The van der Waals surface area contributed by atoms with Crippen LogP contribution in [-0.2, 0) is 7.05 Å². The van der Waals surface area contributed by atoms with Gasteiger partial charge < -0.3 is 5.32 Å². The molecule has 6 heteroatoms. The third-order valence-electron chi connectivity index (χ3n) is 2.46. The molecule has 0 saturated heterocycles. The zero-order valence-electron chi connectivity index (χ0n) is 9.87. The number of hydrogen-bond acceptors (Lipinski definition) is 2. The van der Waals surface area contributed by atoms with Crippen LogP contribution in [0.3, 0.4) is 0 Å². The Morgan fingerprint density at radius 2 is 2.22 bits per heavy atom. The second-order valence-electron chi connectivity index (χ2n) is 3.84. The summed E-state index contributed by atoms with van der Waals surface area (Å²) in [6.45, 7) is 1.75. The van der Waals surface area contributed by atoms with Gasteiger partial charge in [-0.3, -0.25) is 9.48 Å². The lowest BCUT2D eigenvalue weighted by molar-refractivity contribution is 0.102. The average Bonchev–Trinajstić information content (AvgIpc) is 2.53. The van der Waals surface area contributed by atoms with E-state index < -0.39 is 0 Å². The molecule has 0 saturated carbocycles. The Balaban J connectivity index is 2.27. The maximum Gasteiger partial charge on any atom is 0.260 e. The molecule has 0 unspecified atom stereocenters. The van der Waals surface area contributed by atoms with Crippen LogP contribution in [0.2, 0.25) is 5.15 Å². The molecule has 1 N–H and O–H groups in total. The van der Waals surface area contributed by atoms with Crippen molar-refractivity contribution in [2.75, 3.05) is 5.32 Å². The van der Waals surface area contributed by atoms with E-state index in [9.17, 15) is 4.79 Å². The topological polar surface area (TPSA) is 46.9 Å². The van der Waals surface area contributed by atoms with E-state index in [2.05, 4.69) is 26.3 Å². The van der Waals surface area contributed by atoms with E-state index in [0.717, 1.165) is 4.47 Å². The van der Waals surface area contributed by atoms with Gasteiger partial charge in [-0.2, -0.15) is 5.10 Å². The molecule has 1 amide bonds. The second kappa shape index (κ2) is 5.12. The van der Waals surface area contributed by atoms with Gasteiger partial charge in [0.05, 0.1) is 11.3 Å². The summed E-state index contributed by atoms with van der Waals surface area (Å²) < 4.78 is 2.38. The third kappa shape index (κ3) is 2.57. The lowest BCUT2D eigenvalue weighted by Crippen LogP contribution is -2.13. The molecule has 0 aliphatic heterocycles. The van der Waals surface area contributed by atoms with Gasteiger partial charge in [-0.05, 0) is 25.1 Å². The molecule has 2 aromatic rings. The minimum atomic E-state index is -0.260. The fourth-order valence-corrected chi connectivity index (χ4v) is 2.31. The molecule has 94 valence electrons. The summed E-state index contributed by atoms with van der Waals surface area (Å²) in [6, 6.07) is 7.36. The zero-order valence-corrected chi connectivity index (χ0v) is 12.2. The standard InChI is InChI=1S/C12H11BrClN3O/c1-7-10(11(14)17(2)16-7)12(18)15-9-5-3-4-8(13)6-9/h3-6H,1-2H3,(H,15,18). The third-order valence-corrected chi connectivity index (χ3v) is 3.39. The number of anilines is 1. The van der Waals surface area contributed by atoms with Crippen molar-refractivity contribution in [1.29, 1.82) is 0 Å². The van der Waals surface area contributed by atoms with Crippen LogP contribution in [0.5, 0.6) is 0 Å². The first-order chi connectivity index (χ1) is 8.49. The number of carbonyl (C=O) groups excluding carboxylic acids is 1. The van der Waals surface area contributed by atoms with Gasteiger partial charge in [-0.1, -0.05) is 33.6 Å². The van der Waals surface area contributed by atoms with E-state index in [1.54, 1.807) is 14.0 Å². The van der Waals surface area contributed by atoms with Gasteiger partial charge in [0.15, 0.2) is 0 Å². The molecule has 0 atom stereocenters. The summed E-state index contributed by atoms with van der Waals surface area (Å²) >= 11 is 9.38. The van der Waals surface area contributed by atoms with Crippen LogP contribution in [0.15, 0.2) is 28.7 Å². The van der Waals surface area contributed by atoms with Gasteiger partial charge in [0.25, 0.3) is 5.91 Å². The van der Waals surface area contributed by atoms with Crippen molar-refractivity contribution in [3.8, 4) is 0 Å². The van der Waals surface area contributed by atoms with Gasteiger partial charge in [-0.15, -0.1) is 0 Å². The minimum absolute atomic E-state index is 0.260. The van der Waals surface area contributed by atoms with E-state index in [0.29, 0.717) is 22.1 Å². The maximum atomic E-state index is 12.1. The lowest BCUT2D eigenvalue weighted by Gasteiger charge is -2.05. The normalized spacial score (nSPS) is 10.4. The molecule has 0 radical (unpaired) electrons. The van der Waals surface area contributed by atoms with Gasteiger partial charge in [0, 0.05) is 17.2 Å². The summed E-state index contributed by atoms with van der Waals surface area (Å²) in [5.41, 5.74) is 1.71. The van der Waals surface area contributed by atoms with Crippen LogP contribution in [0.4, 0.5) is 5.69 Å². The van der Waals surface area contributed by atoms with Crippen LogP contribution in [0.1, 0.15) is 16.1 Å². The molecule has 0 bridgehead atoms. The van der Waals surface area contributed by atoms with E-state index in [-0.39, 0.29) is 5.91 Å². The van der Waals surface area contributed by atoms with Gasteiger partial charge in [-0.25, -0.2) is 0 Å². The number of nitrogens with one attached hydrogen (secondary N) is 1. The summed E-state index contributed by atoms with van der Waals surface area (Å²) in [4.78, 5) is 12.1. The summed E-state index contributed by atoms with van der Waals surface area (Å²) in [5.74, 6) is -0.260. The number of carbonyl (C=O) groups is 1. The van der Waals surface area contributed by atoms with Crippen molar-refractivity contribution in [2.24, 2.45) is 7.05 Å². The Hall–Kier alpha value is -1.33. The smallest absolute Gasteiger partial charge is 0.260 e. The maximum absolute atomic E-state index is 12.1. The van der Waals surface area contributed by atoms with Crippen LogP contribution < -0.4 is 5.32 Å². The number of hydrogen-bond donors (Lipinski definition) is 1. The van der Waals surface area contributed by atoms with Crippen LogP contribution >= 0.6 is 27.5 Å². The van der Waals surface area contributed by atoms with Gasteiger partial charge in [0.1, 0.15) is 5.15 Å². The average molecular weight is 329 g/mol. The summed E-state index contributed by atoms with van der Waals surface area (Å²) in [6.07, 6.45) is 0. The fourth-order valence-electron chi connectivity index (χ4n) is 1.65. The second-order valence-corrected chi connectivity index (χ2v) is 5.11. The molecule has 0 aliphatic carbocycles. The van der Waals surface area contributed by atoms with Crippen LogP contribution in [-0.4, -0.2) is 15.7 Å². The van der Waals surface area contributed by atoms with E-state index in [1.807, 2.05) is 24.3 Å². The molecule has 2 rings (SSSR count). The largest absolute Gasteiger partial charge is 0.322 e. The fraction of sp³-hybridized carbons (Fsp3) is 0.167. The highest BCUT2D eigenvalue weighted by Gasteiger charge is 2.18. The Bertz CT molecular complexity index is 609. The summed E-state index contributed by atoms with van der Waals surface area (Å²) in [7, 11) is 1.70. The Morgan fingerprint density at radius 3 is 2.78 bits per heavy atom. The number of aromatic nitrogens is 2. The Labute approximate surface area is 118 Å². The van der Waals surface area contributed by atoms with Crippen molar-refractivity contribution < 1.29 is 4.79 Å². The van der Waals surface area contributed by atoms with Crippen molar-refractivity contribution in [3.63, 3.8) is 0 Å².